The fraction of sp³-hybridized carbons (Fsp3) is 0.824. The molecule has 0 saturated heterocycles. The highest BCUT2D eigenvalue weighted by atomic mass is 16.4. The monoisotopic (exact) mass is 313 g/mol. The minimum absolute atomic E-state index is 0.0772. The van der Waals surface area contributed by atoms with Crippen molar-refractivity contribution < 1.29 is 19.5 Å². The number of carboxylic acid groups (broad SMARTS) is 1. The van der Waals surface area contributed by atoms with Gasteiger partial charge in [0.15, 0.2) is 0 Å². The van der Waals surface area contributed by atoms with E-state index in [4.69, 9.17) is 5.11 Å². The third-order valence-corrected chi connectivity index (χ3v) is 3.82. The van der Waals surface area contributed by atoms with Gasteiger partial charge in [-0.05, 0) is 30.6 Å². The first-order valence-electron chi connectivity index (χ1n) is 7.90. The Morgan fingerprint density at radius 2 is 1.68 bits per heavy atom. The summed E-state index contributed by atoms with van der Waals surface area (Å²) in [7, 11) is 0. The standard InChI is InChI=1S/C17H31NO4/c1-7-17(6,11-16(3,4)5)10-14(20)18-13(15(21)22)9-8-12(2)19/h13H,7-11H2,1-6H3,(H,18,20)(H,21,22)/t13-,17?/m0/s1. The molecule has 1 unspecified atom stereocenters. The van der Waals surface area contributed by atoms with Crippen molar-refractivity contribution in [2.75, 3.05) is 0 Å². The van der Waals surface area contributed by atoms with Crippen LogP contribution in [-0.4, -0.2) is 28.8 Å². The molecule has 0 spiro atoms. The molecule has 2 N–H and O–H groups in total. The summed E-state index contributed by atoms with van der Waals surface area (Å²) in [5.41, 5.74) is -0.0577. The average Bonchev–Trinajstić information content (AvgIpc) is 2.31. The van der Waals surface area contributed by atoms with Gasteiger partial charge in [0.2, 0.25) is 5.91 Å². The lowest BCUT2D eigenvalue weighted by molar-refractivity contribution is -0.142. The van der Waals surface area contributed by atoms with Gasteiger partial charge >= 0.3 is 5.97 Å². The molecule has 5 nitrogen and oxygen atoms in total. The zero-order valence-electron chi connectivity index (χ0n) is 14.8. The van der Waals surface area contributed by atoms with Gasteiger partial charge in [-0.2, -0.15) is 0 Å². The van der Waals surface area contributed by atoms with Gasteiger partial charge in [0, 0.05) is 12.8 Å². The first-order chi connectivity index (χ1) is 9.88. The van der Waals surface area contributed by atoms with Gasteiger partial charge in [-0.3, -0.25) is 4.79 Å². The summed E-state index contributed by atoms with van der Waals surface area (Å²) in [6.07, 6.45) is 2.32. The Balaban J connectivity index is 4.73. The normalized spacial score (nSPS) is 15.7. The fourth-order valence-electron chi connectivity index (χ4n) is 2.83. The van der Waals surface area contributed by atoms with Gasteiger partial charge in [-0.1, -0.05) is 41.0 Å². The number of Topliss-reactive ketones (excluding diaryl/α,β-unsaturated/α-hetero) is 1. The molecule has 0 saturated carbocycles. The van der Waals surface area contributed by atoms with Gasteiger partial charge < -0.3 is 15.2 Å². The summed E-state index contributed by atoms with van der Waals surface area (Å²) in [6, 6.07) is -0.993. The summed E-state index contributed by atoms with van der Waals surface area (Å²) in [6.45, 7) is 11.9. The second kappa shape index (κ2) is 8.30. The van der Waals surface area contributed by atoms with E-state index in [1.807, 2.05) is 6.92 Å². The maximum atomic E-state index is 12.2. The predicted octanol–water partition coefficient (Wildman–Crippen LogP) is 3.17. The van der Waals surface area contributed by atoms with Crippen molar-refractivity contribution in [2.45, 2.75) is 79.7 Å². The highest BCUT2D eigenvalue weighted by Gasteiger charge is 2.32. The molecule has 0 bridgehead atoms. The number of nitrogens with one attached hydrogen (secondary N) is 1. The maximum absolute atomic E-state index is 12.2. The van der Waals surface area contributed by atoms with Crippen molar-refractivity contribution in [3.63, 3.8) is 0 Å². The lowest BCUT2D eigenvalue weighted by atomic mass is 9.71. The van der Waals surface area contributed by atoms with Gasteiger partial charge in [-0.15, -0.1) is 0 Å². The zero-order chi connectivity index (χ0) is 17.6. The number of hydrogen-bond donors (Lipinski definition) is 2. The van der Waals surface area contributed by atoms with Crippen LogP contribution in [-0.2, 0) is 14.4 Å². The molecule has 1 amide bonds. The van der Waals surface area contributed by atoms with Crippen LogP contribution in [0, 0.1) is 10.8 Å². The van der Waals surface area contributed by atoms with Crippen molar-refractivity contribution >= 4 is 17.7 Å². The summed E-state index contributed by atoms with van der Waals surface area (Å²) < 4.78 is 0. The van der Waals surface area contributed by atoms with Crippen LogP contribution in [0.2, 0.25) is 0 Å². The Hall–Kier alpha value is -1.39. The lowest BCUT2D eigenvalue weighted by Crippen LogP contribution is -2.43. The second-order valence-corrected chi connectivity index (χ2v) is 7.78. The van der Waals surface area contributed by atoms with Crippen LogP contribution in [0.1, 0.15) is 73.6 Å². The predicted molar refractivity (Wildman–Crippen MR) is 86.6 cm³/mol. The smallest absolute Gasteiger partial charge is 0.326 e. The largest absolute Gasteiger partial charge is 0.480 e. The van der Waals surface area contributed by atoms with Crippen LogP contribution < -0.4 is 5.32 Å². The molecule has 0 fully saturated rings. The molecular formula is C17H31NO4. The Bertz CT molecular complexity index is 411. The molecule has 0 aliphatic rings. The van der Waals surface area contributed by atoms with Crippen molar-refractivity contribution in [1.29, 1.82) is 0 Å². The summed E-state index contributed by atoms with van der Waals surface area (Å²) in [5.74, 6) is -1.43. The molecular weight excluding hydrogens is 282 g/mol. The van der Waals surface area contributed by atoms with Crippen LogP contribution in [0.4, 0.5) is 0 Å². The number of aliphatic carboxylic acids is 1. The number of ketones is 1. The minimum atomic E-state index is -1.09. The molecule has 2 atom stereocenters. The van der Waals surface area contributed by atoms with Crippen LogP contribution in [0.3, 0.4) is 0 Å². The van der Waals surface area contributed by atoms with E-state index in [9.17, 15) is 14.4 Å². The van der Waals surface area contributed by atoms with E-state index >= 15 is 0 Å². The highest BCUT2D eigenvalue weighted by molar-refractivity contribution is 5.84. The molecule has 0 radical (unpaired) electrons. The SMILES string of the molecule is CCC(C)(CC(=O)N[C@@H](CCC(C)=O)C(=O)O)CC(C)(C)C. The molecule has 0 aromatic carbocycles. The quantitative estimate of drug-likeness (QED) is 0.685. The van der Waals surface area contributed by atoms with E-state index in [-0.39, 0.29) is 35.4 Å². The second-order valence-electron chi connectivity index (χ2n) is 7.78. The zero-order valence-corrected chi connectivity index (χ0v) is 14.8. The molecule has 0 rings (SSSR count). The van der Waals surface area contributed by atoms with Gasteiger partial charge in [0.1, 0.15) is 11.8 Å². The molecule has 128 valence electrons. The topological polar surface area (TPSA) is 83.5 Å². The highest BCUT2D eigenvalue weighted by Crippen LogP contribution is 2.38. The van der Waals surface area contributed by atoms with Crippen molar-refractivity contribution in [3.8, 4) is 0 Å². The Morgan fingerprint density at radius 1 is 1.14 bits per heavy atom. The van der Waals surface area contributed by atoms with E-state index < -0.39 is 12.0 Å². The molecule has 0 aromatic heterocycles. The molecule has 0 aliphatic carbocycles. The van der Waals surface area contributed by atoms with Crippen LogP contribution >= 0.6 is 0 Å². The first-order valence-corrected chi connectivity index (χ1v) is 7.90. The van der Waals surface area contributed by atoms with E-state index in [1.54, 1.807) is 0 Å². The summed E-state index contributed by atoms with van der Waals surface area (Å²) >= 11 is 0. The molecule has 0 heterocycles. The summed E-state index contributed by atoms with van der Waals surface area (Å²) in [4.78, 5) is 34.4. The number of hydrogen-bond acceptors (Lipinski definition) is 3. The maximum Gasteiger partial charge on any atom is 0.326 e. The average molecular weight is 313 g/mol. The number of rotatable bonds is 9. The van der Waals surface area contributed by atoms with Crippen LogP contribution in [0.15, 0.2) is 0 Å². The van der Waals surface area contributed by atoms with Crippen LogP contribution in [0.5, 0.6) is 0 Å². The molecule has 0 aromatic rings. The number of amides is 1. The van der Waals surface area contributed by atoms with E-state index in [2.05, 4.69) is 33.0 Å². The summed E-state index contributed by atoms with van der Waals surface area (Å²) in [5, 5.41) is 11.7. The van der Waals surface area contributed by atoms with Gasteiger partial charge in [0.05, 0.1) is 0 Å². The Morgan fingerprint density at radius 3 is 2.05 bits per heavy atom. The van der Waals surface area contributed by atoms with E-state index in [0.29, 0.717) is 6.42 Å². The Labute approximate surface area is 133 Å². The minimum Gasteiger partial charge on any atom is -0.480 e. The Kier molecular flexibility index (Phi) is 7.77. The molecule has 0 aliphatic heterocycles. The van der Waals surface area contributed by atoms with E-state index in [0.717, 1.165) is 12.8 Å². The van der Waals surface area contributed by atoms with E-state index in [1.165, 1.54) is 6.92 Å². The third-order valence-electron chi connectivity index (χ3n) is 3.82. The molecule has 22 heavy (non-hydrogen) atoms. The van der Waals surface area contributed by atoms with Gasteiger partial charge in [-0.25, -0.2) is 4.79 Å². The van der Waals surface area contributed by atoms with Crippen molar-refractivity contribution in [1.82, 2.24) is 5.32 Å². The van der Waals surface area contributed by atoms with Crippen LogP contribution in [0.25, 0.3) is 0 Å². The third kappa shape index (κ3) is 8.80. The van der Waals surface area contributed by atoms with Crippen molar-refractivity contribution in [3.05, 3.63) is 0 Å². The number of carbonyl (C=O) groups excluding carboxylic acids is 2. The lowest BCUT2D eigenvalue weighted by Gasteiger charge is -2.34. The van der Waals surface area contributed by atoms with Crippen molar-refractivity contribution in [2.24, 2.45) is 10.8 Å². The fourth-order valence-corrected chi connectivity index (χ4v) is 2.83. The number of carboxylic acids is 1. The molecule has 5 heteroatoms. The number of carbonyl (C=O) groups is 3. The first kappa shape index (κ1) is 20.6. The van der Waals surface area contributed by atoms with Gasteiger partial charge in [0.25, 0.3) is 0 Å².